The summed E-state index contributed by atoms with van der Waals surface area (Å²) in [5, 5.41) is 6.65. The first-order valence-electron chi connectivity index (χ1n) is 8.71. The van der Waals surface area contributed by atoms with Crippen molar-refractivity contribution in [2.75, 3.05) is 33.7 Å². The zero-order chi connectivity index (χ0) is 18.3. The molecule has 0 radical (unpaired) electrons. The number of likely N-dealkylation sites (tertiary alicyclic amines) is 1. The SMILES string of the molecule is CCN1CCCC1CNC(=NC)NCc1ccc(S(=O)(=O)NC)cc1. The van der Waals surface area contributed by atoms with Crippen LogP contribution in [0, 0.1) is 0 Å². The quantitative estimate of drug-likeness (QED) is 0.489. The zero-order valence-electron chi connectivity index (χ0n) is 15.2. The van der Waals surface area contributed by atoms with Crippen LogP contribution in [0.4, 0.5) is 0 Å². The topological polar surface area (TPSA) is 85.8 Å². The molecule has 1 aromatic carbocycles. The maximum Gasteiger partial charge on any atom is 0.240 e. The normalized spacial score (nSPS) is 19.2. The van der Waals surface area contributed by atoms with E-state index in [1.165, 1.54) is 26.4 Å². The van der Waals surface area contributed by atoms with E-state index in [4.69, 9.17) is 0 Å². The summed E-state index contributed by atoms with van der Waals surface area (Å²) in [5.41, 5.74) is 0.994. The molecule has 1 aromatic rings. The van der Waals surface area contributed by atoms with Gasteiger partial charge in [-0.15, -0.1) is 0 Å². The largest absolute Gasteiger partial charge is 0.355 e. The third-order valence-corrected chi connectivity index (χ3v) is 6.03. The number of hydrogen-bond acceptors (Lipinski definition) is 4. The van der Waals surface area contributed by atoms with Crippen molar-refractivity contribution in [3.05, 3.63) is 29.8 Å². The number of nitrogens with zero attached hydrogens (tertiary/aromatic N) is 2. The van der Waals surface area contributed by atoms with Gasteiger partial charge in [0.1, 0.15) is 0 Å². The molecule has 0 amide bonds. The first-order chi connectivity index (χ1) is 12.0. The molecule has 140 valence electrons. The number of likely N-dealkylation sites (N-methyl/N-ethyl adjacent to an activating group) is 1. The van der Waals surface area contributed by atoms with Gasteiger partial charge in [0.15, 0.2) is 5.96 Å². The number of nitrogens with one attached hydrogen (secondary N) is 3. The molecule has 1 heterocycles. The molecular formula is C17H29N5O2S. The average Bonchev–Trinajstić information content (AvgIpc) is 3.10. The summed E-state index contributed by atoms with van der Waals surface area (Å²) in [6.45, 7) is 5.93. The van der Waals surface area contributed by atoms with Crippen molar-refractivity contribution in [1.82, 2.24) is 20.3 Å². The summed E-state index contributed by atoms with van der Waals surface area (Å²) >= 11 is 0. The fourth-order valence-electron chi connectivity index (χ4n) is 3.07. The van der Waals surface area contributed by atoms with Crippen LogP contribution in [0.15, 0.2) is 34.2 Å². The van der Waals surface area contributed by atoms with Crippen molar-refractivity contribution in [2.24, 2.45) is 4.99 Å². The summed E-state index contributed by atoms with van der Waals surface area (Å²) in [6.07, 6.45) is 2.48. The van der Waals surface area contributed by atoms with Gasteiger partial charge in [-0.05, 0) is 50.7 Å². The van der Waals surface area contributed by atoms with Crippen LogP contribution in [0.1, 0.15) is 25.3 Å². The Morgan fingerprint density at radius 3 is 2.60 bits per heavy atom. The Kier molecular flexibility index (Phi) is 7.22. The van der Waals surface area contributed by atoms with Gasteiger partial charge in [-0.3, -0.25) is 9.89 Å². The van der Waals surface area contributed by atoms with E-state index in [0.717, 1.165) is 24.6 Å². The molecule has 0 saturated carbocycles. The molecule has 1 fully saturated rings. The minimum absolute atomic E-state index is 0.266. The summed E-state index contributed by atoms with van der Waals surface area (Å²) in [7, 11) is -0.227. The van der Waals surface area contributed by atoms with Gasteiger partial charge in [0.25, 0.3) is 0 Å². The van der Waals surface area contributed by atoms with Gasteiger partial charge in [-0.2, -0.15) is 0 Å². The smallest absolute Gasteiger partial charge is 0.240 e. The summed E-state index contributed by atoms with van der Waals surface area (Å²) < 4.78 is 25.8. The van der Waals surface area contributed by atoms with Crippen molar-refractivity contribution < 1.29 is 8.42 Å². The van der Waals surface area contributed by atoms with Crippen molar-refractivity contribution in [2.45, 2.75) is 37.2 Å². The van der Waals surface area contributed by atoms with E-state index in [-0.39, 0.29) is 4.90 Å². The minimum atomic E-state index is -3.39. The Hall–Kier alpha value is -1.64. The van der Waals surface area contributed by atoms with Crippen LogP contribution in [0.25, 0.3) is 0 Å². The van der Waals surface area contributed by atoms with Crippen LogP contribution >= 0.6 is 0 Å². The number of hydrogen-bond donors (Lipinski definition) is 3. The standard InChI is InChI=1S/C17H29N5O2S/c1-4-22-11-5-6-15(22)13-21-17(18-2)20-12-14-7-9-16(10-8-14)25(23,24)19-3/h7-10,15,19H,4-6,11-13H2,1-3H3,(H2,18,20,21). The highest BCUT2D eigenvalue weighted by molar-refractivity contribution is 7.89. The molecule has 3 N–H and O–H groups in total. The number of sulfonamides is 1. The minimum Gasteiger partial charge on any atom is -0.355 e. The number of guanidine groups is 1. The van der Waals surface area contributed by atoms with E-state index >= 15 is 0 Å². The fourth-order valence-corrected chi connectivity index (χ4v) is 3.80. The van der Waals surface area contributed by atoms with E-state index in [9.17, 15) is 8.42 Å². The molecule has 1 atom stereocenters. The molecule has 1 saturated heterocycles. The lowest BCUT2D eigenvalue weighted by atomic mass is 10.2. The monoisotopic (exact) mass is 367 g/mol. The first-order valence-corrected chi connectivity index (χ1v) is 10.2. The van der Waals surface area contributed by atoms with Gasteiger partial charge >= 0.3 is 0 Å². The molecule has 7 nitrogen and oxygen atoms in total. The van der Waals surface area contributed by atoms with Gasteiger partial charge in [0, 0.05) is 26.2 Å². The molecule has 1 unspecified atom stereocenters. The Morgan fingerprint density at radius 2 is 2.00 bits per heavy atom. The summed E-state index contributed by atoms with van der Waals surface area (Å²) in [5.74, 6) is 0.759. The molecule has 0 spiro atoms. The Bertz CT molecular complexity index is 673. The van der Waals surface area contributed by atoms with E-state index in [2.05, 4.69) is 32.2 Å². The summed E-state index contributed by atoms with van der Waals surface area (Å²) in [6, 6.07) is 7.39. The van der Waals surface area contributed by atoms with Gasteiger partial charge in [-0.1, -0.05) is 19.1 Å². The van der Waals surface area contributed by atoms with Gasteiger partial charge < -0.3 is 10.6 Å². The van der Waals surface area contributed by atoms with E-state index in [1.54, 1.807) is 31.3 Å². The number of aliphatic imine (C=N–C) groups is 1. The zero-order valence-corrected chi connectivity index (χ0v) is 16.1. The van der Waals surface area contributed by atoms with Gasteiger partial charge in [-0.25, -0.2) is 13.1 Å². The molecule has 1 aliphatic heterocycles. The van der Waals surface area contributed by atoms with Gasteiger partial charge in [0.05, 0.1) is 4.90 Å². The molecule has 25 heavy (non-hydrogen) atoms. The molecular weight excluding hydrogens is 338 g/mol. The van der Waals surface area contributed by atoms with Crippen molar-refractivity contribution in [1.29, 1.82) is 0 Å². The molecule has 0 aromatic heterocycles. The van der Waals surface area contributed by atoms with Crippen LogP contribution in [-0.4, -0.2) is 59.0 Å². The first kappa shape index (κ1) is 19.7. The second-order valence-electron chi connectivity index (χ2n) is 6.08. The fraction of sp³-hybridized carbons (Fsp3) is 0.588. The second kappa shape index (κ2) is 9.17. The van der Waals surface area contributed by atoms with Crippen LogP contribution in [-0.2, 0) is 16.6 Å². The average molecular weight is 368 g/mol. The number of benzene rings is 1. The molecule has 8 heteroatoms. The van der Waals surface area contributed by atoms with Crippen molar-refractivity contribution in [3.8, 4) is 0 Å². The lowest BCUT2D eigenvalue weighted by Crippen LogP contribution is -2.44. The van der Waals surface area contributed by atoms with Crippen LogP contribution in [0.5, 0.6) is 0 Å². The highest BCUT2D eigenvalue weighted by Crippen LogP contribution is 2.15. The lowest BCUT2D eigenvalue weighted by Gasteiger charge is -2.24. The highest BCUT2D eigenvalue weighted by Gasteiger charge is 2.22. The second-order valence-corrected chi connectivity index (χ2v) is 7.97. The maximum atomic E-state index is 11.7. The Morgan fingerprint density at radius 1 is 1.28 bits per heavy atom. The van der Waals surface area contributed by atoms with Crippen molar-refractivity contribution in [3.63, 3.8) is 0 Å². The summed E-state index contributed by atoms with van der Waals surface area (Å²) in [4.78, 5) is 7.01. The van der Waals surface area contributed by atoms with Crippen LogP contribution < -0.4 is 15.4 Å². The van der Waals surface area contributed by atoms with E-state index in [1.807, 2.05) is 0 Å². The van der Waals surface area contributed by atoms with Crippen molar-refractivity contribution >= 4 is 16.0 Å². The van der Waals surface area contributed by atoms with E-state index < -0.39 is 10.0 Å². The lowest BCUT2D eigenvalue weighted by molar-refractivity contribution is 0.267. The number of rotatable bonds is 7. The van der Waals surface area contributed by atoms with Crippen LogP contribution in [0.3, 0.4) is 0 Å². The third-order valence-electron chi connectivity index (χ3n) is 4.60. The Labute approximate surface area is 151 Å². The molecule has 0 aliphatic carbocycles. The maximum absolute atomic E-state index is 11.7. The molecule has 1 aliphatic rings. The third kappa shape index (κ3) is 5.42. The van der Waals surface area contributed by atoms with Gasteiger partial charge in [0.2, 0.25) is 10.0 Å². The predicted molar refractivity (Wildman–Crippen MR) is 101 cm³/mol. The molecule has 2 rings (SSSR count). The molecule has 0 bridgehead atoms. The highest BCUT2D eigenvalue weighted by atomic mass is 32.2. The Balaban J connectivity index is 1.84. The predicted octanol–water partition coefficient (Wildman–Crippen LogP) is 0.744. The van der Waals surface area contributed by atoms with Crippen LogP contribution in [0.2, 0.25) is 0 Å². The van der Waals surface area contributed by atoms with E-state index in [0.29, 0.717) is 12.6 Å².